The third kappa shape index (κ3) is 2.95. The number of carbonyl (C=O) groups is 2. The highest BCUT2D eigenvalue weighted by molar-refractivity contribution is 5.85. The number of carbonyl (C=O) groups excluding carboxylic acids is 2. The summed E-state index contributed by atoms with van der Waals surface area (Å²) in [5, 5.41) is 3.19. The summed E-state index contributed by atoms with van der Waals surface area (Å²) in [4.78, 5) is 24.7. The minimum Gasteiger partial charge on any atom is -0.368 e. The molecule has 0 aliphatic carbocycles. The van der Waals surface area contributed by atoms with Crippen LogP contribution in [0.15, 0.2) is 0 Å². The molecule has 3 N–H and O–H groups in total. The van der Waals surface area contributed by atoms with Crippen LogP contribution >= 0.6 is 0 Å². The molecule has 16 heavy (non-hydrogen) atoms. The Hall–Kier alpha value is -1.10. The van der Waals surface area contributed by atoms with Gasteiger partial charge in [-0.25, -0.2) is 0 Å². The van der Waals surface area contributed by atoms with Crippen LogP contribution in [0.25, 0.3) is 0 Å². The van der Waals surface area contributed by atoms with Crippen molar-refractivity contribution in [1.29, 1.82) is 0 Å². The predicted molar refractivity (Wildman–Crippen MR) is 61.6 cm³/mol. The molecule has 5 heteroatoms. The molecule has 0 bridgehead atoms. The van der Waals surface area contributed by atoms with E-state index in [0.29, 0.717) is 12.5 Å². The third-order valence-electron chi connectivity index (χ3n) is 3.07. The number of primary amides is 1. The van der Waals surface area contributed by atoms with Crippen LogP contribution in [-0.2, 0) is 9.59 Å². The lowest BCUT2D eigenvalue weighted by molar-refractivity contribution is -0.140. The molecule has 2 amide bonds. The highest BCUT2D eigenvalue weighted by atomic mass is 16.2. The minimum absolute atomic E-state index is 0.00722. The number of hydrogen-bond acceptors (Lipinski definition) is 3. The molecule has 0 saturated carbocycles. The van der Waals surface area contributed by atoms with Crippen molar-refractivity contribution in [3.05, 3.63) is 0 Å². The van der Waals surface area contributed by atoms with E-state index in [1.54, 1.807) is 4.90 Å². The van der Waals surface area contributed by atoms with Crippen LogP contribution in [0.2, 0.25) is 0 Å². The van der Waals surface area contributed by atoms with Crippen molar-refractivity contribution in [2.45, 2.75) is 26.8 Å². The summed E-state index contributed by atoms with van der Waals surface area (Å²) in [6.45, 7) is 7.41. The van der Waals surface area contributed by atoms with Crippen LogP contribution in [0.1, 0.15) is 20.8 Å². The van der Waals surface area contributed by atoms with Gasteiger partial charge in [0.25, 0.3) is 0 Å². The van der Waals surface area contributed by atoms with E-state index >= 15 is 0 Å². The van der Waals surface area contributed by atoms with Crippen LogP contribution in [-0.4, -0.2) is 42.4 Å². The van der Waals surface area contributed by atoms with Crippen LogP contribution in [0.4, 0.5) is 0 Å². The van der Waals surface area contributed by atoms with Gasteiger partial charge in [0.1, 0.15) is 0 Å². The van der Waals surface area contributed by atoms with Crippen molar-refractivity contribution in [3.8, 4) is 0 Å². The number of nitrogens with two attached hydrogens (primary N) is 1. The lowest BCUT2D eigenvalue weighted by Crippen LogP contribution is -2.46. The Labute approximate surface area is 96.4 Å². The first-order chi connectivity index (χ1) is 7.43. The number of hydrogen-bond donors (Lipinski definition) is 2. The fourth-order valence-electron chi connectivity index (χ4n) is 2.04. The number of amides is 2. The maximum Gasteiger partial charge on any atom is 0.237 e. The molecular formula is C11H21N3O2. The van der Waals surface area contributed by atoms with Crippen LogP contribution in [0.3, 0.4) is 0 Å². The Morgan fingerprint density at radius 1 is 1.44 bits per heavy atom. The van der Waals surface area contributed by atoms with Gasteiger partial charge in [0.15, 0.2) is 0 Å². The van der Waals surface area contributed by atoms with Crippen molar-refractivity contribution in [2.24, 2.45) is 17.6 Å². The van der Waals surface area contributed by atoms with Gasteiger partial charge < -0.3 is 16.0 Å². The van der Waals surface area contributed by atoms with Crippen LogP contribution < -0.4 is 11.1 Å². The zero-order valence-corrected chi connectivity index (χ0v) is 10.2. The van der Waals surface area contributed by atoms with Gasteiger partial charge in [0, 0.05) is 12.6 Å². The molecule has 1 fully saturated rings. The summed E-state index contributed by atoms with van der Waals surface area (Å²) in [6.07, 6.45) is 0. The van der Waals surface area contributed by atoms with Gasteiger partial charge in [-0.05, 0) is 26.3 Å². The Balaban J connectivity index is 2.70. The van der Waals surface area contributed by atoms with Crippen LogP contribution in [0.5, 0.6) is 0 Å². The van der Waals surface area contributed by atoms with Gasteiger partial charge in [-0.3, -0.25) is 9.59 Å². The van der Waals surface area contributed by atoms with Crippen molar-refractivity contribution in [1.82, 2.24) is 10.2 Å². The average Bonchev–Trinajstić information content (AvgIpc) is 2.59. The van der Waals surface area contributed by atoms with E-state index in [1.165, 1.54) is 0 Å². The Morgan fingerprint density at radius 3 is 2.44 bits per heavy atom. The molecule has 0 aromatic rings. The van der Waals surface area contributed by atoms with Gasteiger partial charge in [0.2, 0.25) is 11.8 Å². The first kappa shape index (κ1) is 13.0. The van der Waals surface area contributed by atoms with Gasteiger partial charge in [-0.1, -0.05) is 6.92 Å². The average molecular weight is 227 g/mol. The zero-order valence-electron chi connectivity index (χ0n) is 10.2. The molecule has 1 saturated heterocycles. The third-order valence-corrected chi connectivity index (χ3v) is 3.07. The normalized spacial score (nSPS) is 24.8. The fraction of sp³-hybridized carbons (Fsp3) is 0.818. The molecule has 2 unspecified atom stereocenters. The highest BCUT2D eigenvalue weighted by Crippen LogP contribution is 2.19. The SMILES string of the molecule is CC1CNCC1C(=O)N(CC(N)=O)C(C)C. The maximum absolute atomic E-state index is 12.2. The van der Waals surface area contributed by atoms with E-state index in [1.807, 2.05) is 20.8 Å². The lowest BCUT2D eigenvalue weighted by atomic mass is 9.96. The van der Waals surface area contributed by atoms with E-state index in [2.05, 4.69) is 5.32 Å². The Bertz CT molecular complexity index is 278. The molecule has 0 aromatic heterocycles. The van der Waals surface area contributed by atoms with Gasteiger partial charge in [-0.15, -0.1) is 0 Å². The zero-order chi connectivity index (χ0) is 12.3. The standard InChI is InChI=1S/C11H21N3O2/c1-7(2)14(6-10(12)15)11(16)9-5-13-4-8(9)3/h7-9,13H,4-6H2,1-3H3,(H2,12,15). The first-order valence-corrected chi connectivity index (χ1v) is 5.73. The molecule has 0 spiro atoms. The van der Waals surface area contributed by atoms with E-state index in [4.69, 9.17) is 5.73 Å². The Morgan fingerprint density at radius 2 is 2.06 bits per heavy atom. The molecule has 0 aromatic carbocycles. The molecule has 2 atom stereocenters. The molecule has 0 radical (unpaired) electrons. The second-order valence-electron chi connectivity index (χ2n) is 4.77. The van der Waals surface area contributed by atoms with E-state index in [9.17, 15) is 9.59 Å². The van der Waals surface area contributed by atoms with E-state index < -0.39 is 5.91 Å². The fourth-order valence-corrected chi connectivity index (χ4v) is 2.04. The summed E-state index contributed by atoms with van der Waals surface area (Å²) < 4.78 is 0. The molecule has 92 valence electrons. The largest absolute Gasteiger partial charge is 0.368 e. The summed E-state index contributed by atoms with van der Waals surface area (Å²) >= 11 is 0. The highest BCUT2D eigenvalue weighted by Gasteiger charge is 2.34. The van der Waals surface area contributed by atoms with Crippen molar-refractivity contribution in [2.75, 3.05) is 19.6 Å². The van der Waals surface area contributed by atoms with Gasteiger partial charge >= 0.3 is 0 Å². The number of nitrogens with one attached hydrogen (secondary N) is 1. The van der Waals surface area contributed by atoms with Crippen molar-refractivity contribution >= 4 is 11.8 Å². The van der Waals surface area contributed by atoms with E-state index in [0.717, 1.165) is 6.54 Å². The lowest BCUT2D eigenvalue weighted by Gasteiger charge is -2.29. The topological polar surface area (TPSA) is 75.4 Å². The number of rotatable bonds is 4. The van der Waals surface area contributed by atoms with Gasteiger partial charge in [0.05, 0.1) is 12.5 Å². The summed E-state index contributed by atoms with van der Waals surface area (Å²) in [5.74, 6) is -0.129. The summed E-state index contributed by atoms with van der Waals surface area (Å²) in [6, 6.07) is 0.00722. The molecule has 1 aliphatic rings. The van der Waals surface area contributed by atoms with Crippen molar-refractivity contribution < 1.29 is 9.59 Å². The molecule has 1 heterocycles. The molecule has 1 rings (SSSR count). The maximum atomic E-state index is 12.2. The minimum atomic E-state index is -0.458. The molecule has 1 aliphatic heterocycles. The van der Waals surface area contributed by atoms with Crippen molar-refractivity contribution in [3.63, 3.8) is 0 Å². The van der Waals surface area contributed by atoms with Crippen LogP contribution in [0, 0.1) is 11.8 Å². The van der Waals surface area contributed by atoms with Gasteiger partial charge in [-0.2, -0.15) is 0 Å². The predicted octanol–water partition coefficient (Wildman–Crippen LogP) is -0.436. The number of nitrogens with zero attached hydrogens (tertiary/aromatic N) is 1. The smallest absolute Gasteiger partial charge is 0.237 e. The molecular weight excluding hydrogens is 206 g/mol. The summed E-state index contributed by atoms with van der Waals surface area (Å²) in [7, 11) is 0. The second-order valence-corrected chi connectivity index (χ2v) is 4.77. The van der Waals surface area contributed by atoms with E-state index in [-0.39, 0.29) is 24.4 Å². The monoisotopic (exact) mass is 227 g/mol. The summed E-state index contributed by atoms with van der Waals surface area (Å²) in [5.41, 5.74) is 5.15. The molecule has 5 nitrogen and oxygen atoms in total. The first-order valence-electron chi connectivity index (χ1n) is 5.73. The second kappa shape index (κ2) is 5.30. The quantitative estimate of drug-likeness (QED) is 0.684. The Kier molecular flexibility index (Phi) is 4.29.